The number of nitrogens with one attached hydrogen (secondary N) is 2. The molecule has 7 nitrogen and oxygen atoms in total. The molecule has 2 aromatic rings. The third-order valence-corrected chi connectivity index (χ3v) is 5.34. The van der Waals surface area contributed by atoms with Gasteiger partial charge in [0.1, 0.15) is 11.9 Å². The van der Waals surface area contributed by atoms with Crippen molar-refractivity contribution in [3.05, 3.63) is 59.3 Å². The minimum atomic E-state index is -0.690. The van der Waals surface area contributed by atoms with Crippen LogP contribution in [0.2, 0.25) is 0 Å². The Hall–Kier alpha value is -3.16. The summed E-state index contributed by atoms with van der Waals surface area (Å²) >= 11 is 0. The van der Waals surface area contributed by atoms with E-state index in [0.717, 1.165) is 0 Å². The van der Waals surface area contributed by atoms with Crippen molar-refractivity contribution < 1.29 is 23.2 Å². The van der Waals surface area contributed by atoms with E-state index >= 15 is 0 Å². The Morgan fingerprint density at radius 1 is 1.23 bits per heavy atom. The van der Waals surface area contributed by atoms with Crippen LogP contribution in [0.1, 0.15) is 41.4 Å². The summed E-state index contributed by atoms with van der Waals surface area (Å²) in [4.78, 5) is 38.7. The second kappa shape index (κ2) is 9.56. The van der Waals surface area contributed by atoms with Gasteiger partial charge in [-0.2, -0.15) is 0 Å². The second-order valence-electron chi connectivity index (χ2n) is 7.57. The van der Waals surface area contributed by atoms with Crippen LogP contribution in [-0.4, -0.2) is 41.8 Å². The number of carbonyl (C=O) groups excluding carboxylic acids is 3. The van der Waals surface area contributed by atoms with Gasteiger partial charge in [0.15, 0.2) is 5.76 Å². The van der Waals surface area contributed by atoms with E-state index in [1.807, 2.05) is 0 Å². The normalized spacial score (nSPS) is 15.5. The second-order valence-corrected chi connectivity index (χ2v) is 7.57. The van der Waals surface area contributed by atoms with Gasteiger partial charge in [0.2, 0.25) is 11.8 Å². The number of hydrogen-bond donors (Lipinski definition) is 2. The highest BCUT2D eigenvalue weighted by Crippen LogP contribution is 2.19. The number of benzene rings is 1. The van der Waals surface area contributed by atoms with Gasteiger partial charge >= 0.3 is 0 Å². The minimum Gasteiger partial charge on any atom is -0.459 e. The quantitative estimate of drug-likeness (QED) is 0.758. The molecule has 1 aromatic carbocycles. The molecule has 0 bridgehead atoms. The number of aryl methyl sites for hydroxylation is 1. The molecule has 0 unspecified atom stereocenters. The number of likely N-dealkylation sites (tertiary alicyclic amines) is 1. The fraction of sp³-hybridized carbons (Fsp3) is 0.409. The van der Waals surface area contributed by atoms with Crippen molar-refractivity contribution in [2.24, 2.45) is 5.92 Å². The summed E-state index contributed by atoms with van der Waals surface area (Å²) in [6.07, 6.45) is 2.48. The molecule has 2 heterocycles. The molecule has 2 N–H and O–H groups in total. The van der Waals surface area contributed by atoms with E-state index in [9.17, 15) is 18.8 Å². The predicted molar refractivity (Wildman–Crippen MR) is 108 cm³/mol. The SMILES string of the molecule is Cc1ccc(CNC(=O)C2CCN(C(=O)[C@H](C)NC(=O)c3ccco3)CC2)cc1F. The highest BCUT2D eigenvalue weighted by atomic mass is 19.1. The van der Waals surface area contributed by atoms with E-state index in [2.05, 4.69) is 10.6 Å². The summed E-state index contributed by atoms with van der Waals surface area (Å²) in [7, 11) is 0. The summed E-state index contributed by atoms with van der Waals surface area (Å²) in [5.74, 6) is -1.06. The number of carbonyl (C=O) groups is 3. The standard InChI is InChI=1S/C22H26FN3O4/c1-14-5-6-16(12-18(14)23)13-24-20(27)17-7-9-26(10-8-17)22(29)15(2)25-21(28)19-4-3-11-30-19/h3-6,11-12,15,17H,7-10,13H2,1-2H3,(H,24,27)(H,25,28)/t15-/m0/s1. The van der Waals surface area contributed by atoms with Crippen LogP contribution in [0.15, 0.2) is 41.0 Å². The monoisotopic (exact) mass is 415 g/mol. The molecular formula is C22H26FN3O4. The van der Waals surface area contributed by atoms with Gasteiger partial charge < -0.3 is 20.0 Å². The Kier molecular flexibility index (Phi) is 6.87. The molecule has 1 fully saturated rings. The molecule has 0 aliphatic carbocycles. The predicted octanol–water partition coefficient (Wildman–Crippen LogP) is 2.40. The maximum atomic E-state index is 13.6. The van der Waals surface area contributed by atoms with Gasteiger partial charge in [-0.1, -0.05) is 12.1 Å². The summed E-state index contributed by atoms with van der Waals surface area (Å²) in [5.41, 5.74) is 1.27. The fourth-order valence-corrected chi connectivity index (χ4v) is 3.45. The highest BCUT2D eigenvalue weighted by molar-refractivity contribution is 5.95. The molecule has 1 atom stereocenters. The number of furan rings is 1. The number of rotatable bonds is 6. The first-order chi connectivity index (χ1) is 14.3. The first-order valence-electron chi connectivity index (χ1n) is 10.0. The van der Waals surface area contributed by atoms with E-state index in [1.165, 1.54) is 18.4 Å². The molecular weight excluding hydrogens is 389 g/mol. The number of nitrogens with zero attached hydrogens (tertiary/aromatic N) is 1. The maximum Gasteiger partial charge on any atom is 0.287 e. The largest absolute Gasteiger partial charge is 0.459 e. The van der Waals surface area contributed by atoms with Crippen LogP contribution in [-0.2, 0) is 16.1 Å². The van der Waals surface area contributed by atoms with Crippen LogP contribution in [0.25, 0.3) is 0 Å². The smallest absolute Gasteiger partial charge is 0.287 e. The summed E-state index contributed by atoms with van der Waals surface area (Å²) < 4.78 is 18.6. The minimum absolute atomic E-state index is 0.0951. The molecule has 0 saturated carbocycles. The Bertz CT molecular complexity index is 905. The number of amides is 3. The zero-order valence-electron chi connectivity index (χ0n) is 17.1. The first kappa shape index (κ1) is 21.5. The van der Waals surface area contributed by atoms with Crippen molar-refractivity contribution in [1.29, 1.82) is 0 Å². The number of halogens is 1. The lowest BCUT2D eigenvalue weighted by molar-refractivity contribution is -0.136. The van der Waals surface area contributed by atoms with Crippen molar-refractivity contribution in [2.45, 2.75) is 39.3 Å². The first-order valence-corrected chi connectivity index (χ1v) is 10.0. The lowest BCUT2D eigenvalue weighted by atomic mass is 9.95. The van der Waals surface area contributed by atoms with Crippen LogP contribution < -0.4 is 10.6 Å². The van der Waals surface area contributed by atoms with E-state index in [4.69, 9.17) is 4.42 Å². The zero-order chi connectivity index (χ0) is 21.7. The van der Waals surface area contributed by atoms with Gasteiger partial charge in [-0.3, -0.25) is 14.4 Å². The molecule has 8 heteroatoms. The van der Waals surface area contributed by atoms with Crippen molar-refractivity contribution in [3.63, 3.8) is 0 Å². The van der Waals surface area contributed by atoms with Crippen LogP contribution in [0.3, 0.4) is 0 Å². The Morgan fingerprint density at radius 2 is 1.97 bits per heavy atom. The molecule has 1 aromatic heterocycles. The Labute approximate surface area is 174 Å². The summed E-state index contributed by atoms with van der Waals surface area (Å²) in [6.45, 7) is 4.47. The topological polar surface area (TPSA) is 91.7 Å². The maximum absolute atomic E-state index is 13.6. The van der Waals surface area contributed by atoms with Crippen molar-refractivity contribution in [3.8, 4) is 0 Å². The van der Waals surface area contributed by atoms with Gasteiger partial charge in [-0.15, -0.1) is 0 Å². The molecule has 30 heavy (non-hydrogen) atoms. The highest BCUT2D eigenvalue weighted by Gasteiger charge is 2.30. The molecule has 0 radical (unpaired) electrons. The average molecular weight is 415 g/mol. The van der Waals surface area contributed by atoms with Crippen LogP contribution in [0.5, 0.6) is 0 Å². The van der Waals surface area contributed by atoms with E-state index in [1.54, 1.807) is 36.9 Å². The van der Waals surface area contributed by atoms with E-state index in [-0.39, 0.29) is 35.9 Å². The number of piperidine rings is 1. The van der Waals surface area contributed by atoms with Gasteiger partial charge in [0, 0.05) is 25.6 Å². The third kappa shape index (κ3) is 5.25. The van der Waals surface area contributed by atoms with Crippen LogP contribution >= 0.6 is 0 Å². The van der Waals surface area contributed by atoms with Gasteiger partial charge in [0.05, 0.1) is 6.26 Å². The zero-order valence-corrected chi connectivity index (χ0v) is 17.1. The van der Waals surface area contributed by atoms with Crippen LogP contribution in [0, 0.1) is 18.7 Å². The lowest BCUT2D eigenvalue weighted by Crippen LogP contribution is -2.50. The molecule has 1 aliphatic heterocycles. The molecule has 1 aliphatic rings. The van der Waals surface area contributed by atoms with E-state index < -0.39 is 11.9 Å². The number of hydrogen-bond acceptors (Lipinski definition) is 4. The summed E-state index contributed by atoms with van der Waals surface area (Å²) in [5, 5.41) is 5.47. The van der Waals surface area contributed by atoms with E-state index in [0.29, 0.717) is 37.1 Å². The lowest BCUT2D eigenvalue weighted by Gasteiger charge is -2.33. The molecule has 1 saturated heterocycles. The van der Waals surface area contributed by atoms with Gasteiger partial charge in [-0.25, -0.2) is 4.39 Å². The fourth-order valence-electron chi connectivity index (χ4n) is 3.45. The molecule has 0 spiro atoms. The Balaban J connectivity index is 1.44. The molecule has 3 rings (SSSR count). The summed E-state index contributed by atoms with van der Waals surface area (Å²) in [6, 6.07) is 7.35. The van der Waals surface area contributed by atoms with Gasteiger partial charge in [0.25, 0.3) is 5.91 Å². The van der Waals surface area contributed by atoms with Crippen molar-refractivity contribution in [1.82, 2.24) is 15.5 Å². The van der Waals surface area contributed by atoms with Crippen LogP contribution in [0.4, 0.5) is 4.39 Å². The average Bonchev–Trinajstić information content (AvgIpc) is 3.29. The van der Waals surface area contributed by atoms with Gasteiger partial charge in [-0.05, 0) is 56.0 Å². The van der Waals surface area contributed by atoms with Crippen molar-refractivity contribution in [2.75, 3.05) is 13.1 Å². The third-order valence-electron chi connectivity index (χ3n) is 5.34. The van der Waals surface area contributed by atoms with Crippen molar-refractivity contribution >= 4 is 17.7 Å². The molecule has 160 valence electrons. The Morgan fingerprint density at radius 3 is 2.60 bits per heavy atom. The molecule has 3 amide bonds.